The molecule has 0 bridgehead atoms. The molecule has 116 valence electrons. The van der Waals surface area contributed by atoms with Crippen molar-refractivity contribution in [2.24, 2.45) is 0 Å². The molecular weight excluding hydrogens is 304 g/mol. The van der Waals surface area contributed by atoms with E-state index in [0.29, 0.717) is 0 Å². The number of sulfonamides is 1. The lowest BCUT2D eigenvalue weighted by Crippen LogP contribution is -2.15. The predicted molar refractivity (Wildman–Crippen MR) is 84.9 cm³/mol. The lowest BCUT2D eigenvalue weighted by atomic mass is 10.1. The van der Waals surface area contributed by atoms with Crippen LogP contribution in [0.3, 0.4) is 0 Å². The molecule has 0 aliphatic heterocycles. The first-order valence-corrected chi connectivity index (χ1v) is 7.97. The Labute approximate surface area is 128 Å². The van der Waals surface area contributed by atoms with E-state index in [0.717, 1.165) is 5.56 Å². The van der Waals surface area contributed by atoms with E-state index in [1.807, 2.05) is 6.92 Å². The maximum atomic E-state index is 12.4. The van der Waals surface area contributed by atoms with Crippen LogP contribution in [0.25, 0.3) is 0 Å². The van der Waals surface area contributed by atoms with Crippen LogP contribution in [0.15, 0.2) is 47.4 Å². The van der Waals surface area contributed by atoms with Gasteiger partial charge in [-0.3, -0.25) is 4.72 Å². The Bertz CT molecular complexity index is 799. The summed E-state index contributed by atoms with van der Waals surface area (Å²) >= 11 is 0. The number of anilines is 2. The Morgan fingerprint density at radius 1 is 1.09 bits per heavy atom. The maximum absolute atomic E-state index is 12.4. The van der Waals surface area contributed by atoms with E-state index in [-0.39, 0.29) is 21.8 Å². The lowest BCUT2D eigenvalue weighted by Gasteiger charge is -2.14. The van der Waals surface area contributed by atoms with Gasteiger partial charge in [0.25, 0.3) is 10.0 Å². The van der Waals surface area contributed by atoms with Gasteiger partial charge in [-0.15, -0.1) is 0 Å². The predicted octanol–water partition coefficient (Wildman–Crippen LogP) is 2.54. The van der Waals surface area contributed by atoms with E-state index in [1.165, 1.54) is 37.4 Å². The number of carboxylic acid groups (broad SMARTS) is 1. The molecule has 7 heteroatoms. The van der Waals surface area contributed by atoms with Gasteiger partial charge >= 0.3 is 5.97 Å². The summed E-state index contributed by atoms with van der Waals surface area (Å²) in [5, 5.41) is 11.9. The third kappa shape index (κ3) is 3.20. The molecular formula is C15H16N2O4S. The van der Waals surface area contributed by atoms with Crippen LogP contribution in [-0.2, 0) is 10.0 Å². The molecule has 0 atom stereocenters. The molecule has 0 fully saturated rings. The zero-order valence-corrected chi connectivity index (χ0v) is 12.9. The normalized spacial score (nSPS) is 11.0. The third-order valence-electron chi connectivity index (χ3n) is 3.12. The van der Waals surface area contributed by atoms with Gasteiger partial charge in [-0.25, -0.2) is 13.2 Å². The molecule has 6 nitrogen and oxygen atoms in total. The van der Waals surface area contributed by atoms with E-state index < -0.39 is 16.0 Å². The number of benzene rings is 2. The molecule has 0 saturated carbocycles. The zero-order chi connectivity index (χ0) is 16.3. The minimum atomic E-state index is -3.79. The van der Waals surface area contributed by atoms with Gasteiger partial charge in [0.2, 0.25) is 0 Å². The van der Waals surface area contributed by atoms with E-state index in [1.54, 1.807) is 12.1 Å². The van der Waals surface area contributed by atoms with Crippen LogP contribution in [-0.4, -0.2) is 26.5 Å². The standard InChI is InChI=1S/C15H16N2O4S/c1-10-6-8-11(9-7-10)22(20,21)17-13-5-3-4-12(15(18)19)14(13)16-2/h3-9,16-17H,1-2H3,(H,18,19). The Morgan fingerprint density at radius 3 is 2.27 bits per heavy atom. The summed E-state index contributed by atoms with van der Waals surface area (Å²) in [6, 6.07) is 10.8. The summed E-state index contributed by atoms with van der Waals surface area (Å²) in [4.78, 5) is 11.3. The quantitative estimate of drug-likeness (QED) is 0.787. The zero-order valence-electron chi connectivity index (χ0n) is 12.1. The molecule has 3 N–H and O–H groups in total. The lowest BCUT2D eigenvalue weighted by molar-refractivity contribution is 0.0698. The van der Waals surface area contributed by atoms with Crippen molar-refractivity contribution in [3.05, 3.63) is 53.6 Å². The summed E-state index contributed by atoms with van der Waals surface area (Å²) in [6.45, 7) is 1.86. The van der Waals surface area contributed by atoms with Gasteiger partial charge in [0.05, 0.1) is 21.8 Å². The molecule has 0 amide bonds. The molecule has 2 rings (SSSR count). The number of carboxylic acids is 1. The Hall–Kier alpha value is -2.54. The van der Waals surface area contributed by atoms with E-state index in [9.17, 15) is 13.2 Å². The maximum Gasteiger partial charge on any atom is 0.337 e. The van der Waals surface area contributed by atoms with Crippen LogP contribution in [0, 0.1) is 6.92 Å². The highest BCUT2D eigenvalue weighted by atomic mass is 32.2. The highest BCUT2D eigenvalue weighted by molar-refractivity contribution is 7.92. The average Bonchev–Trinajstić information content (AvgIpc) is 2.47. The second-order valence-electron chi connectivity index (χ2n) is 4.70. The second kappa shape index (κ2) is 6.07. The molecule has 0 unspecified atom stereocenters. The number of hydrogen-bond acceptors (Lipinski definition) is 4. The molecule has 0 saturated heterocycles. The van der Waals surface area contributed by atoms with Crippen LogP contribution < -0.4 is 10.0 Å². The monoisotopic (exact) mass is 320 g/mol. The number of hydrogen-bond donors (Lipinski definition) is 3. The van der Waals surface area contributed by atoms with Crippen LogP contribution >= 0.6 is 0 Å². The van der Waals surface area contributed by atoms with Gasteiger partial charge in [-0.1, -0.05) is 23.8 Å². The fourth-order valence-electron chi connectivity index (χ4n) is 2.01. The van der Waals surface area contributed by atoms with Crippen LogP contribution in [0.5, 0.6) is 0 Å². The minimum Gasteiger partial charge on any atom is -0.478 e. The number of nitrogens with one attached hydrogen (secondary N) is 2. The summed E-state index contributed by atoms with van der Waals surface area (Å²) < 4.78 is 27.2. The summed E-state index contributed by atoms with van der Waals surface area (Å²) in [7, 11) is -2.25. The van der Waals surface area contributed by atoms with Gasteiger partial charge in [-0.2, -0.15) is 0 Å². The van der Waals surface area contributed by atoms with Crippen molar-refractivity contribution >= 4 is 27.4 Å². The number of aromatic carboxylic acids is 1. The van der Waals surface area contributed by atoms with Gasteiger partial charge < -0.3 is 10.4 Å². The second-order valence-corrected chi connectivity index (χ2v) is 6.38. The Balaban J connectivity index is 2.44. The molecule has 0 spiro atoms. The van der Waals surface area contributed by atoms with E-state index in [2.05, 4.69) is 10.0 Å². The fourth-order valence-corrected chi connectivity index (χ4v) is 3.08. The van der Waals surface area contributed by atoms with E-state index in [4.69, 9.17) is 5.11 Å². The number of rotatable bonds is 5. The smallest absolute Gasteiger partial charge is 0.337 e. The topological polar surface area (TPSA) is 95.5 Å². The molecule has 0 aliphatic carbocycles. The summed E-state index contributed by atoms with van der Waals surface area (Å²) in [5.41, 5.74) is 1.34. The van der Waals surface area contributed by atoms with Gasteiger partial charge in [0, 0.05) is 7.05 Å². The number of aryl methyl sites for hydroxylation is 1. The minimum absolute atomic E-state index is 0.00777. The van der Waals surface area contributed by atoms with Crippen molar-refractivity contribution in [3.63, 3.8) is 0 Å². The average molecular weight is 320 g/mol. The van der Waals surface area contributed by atoms with E-state index >= 15 is 0 Å². The van der Waals surface area contributed by atoms with Gasteiger partial charge in [-0.05, 0) is 31.2 Å². The Morgan fingerprint density at radius 2 is 1.73 bits per heavy atom. The number of para-hydroxylation sites is 1. The first-order valence-electron chi connectivity index (χ1n) is 6.48. The van der Waals surface area contributed by atoms with Gasteiger partial charge in [0.1, 0.15) is 0 Å². The third-order valence-corrected chi connectivity index (χ3v) is 4.50. The largest absolute Gasteiger partial charge is 0.478 e. The molecule has 2 aromatic carbocycles. The van der Waals surface area contributed by atoms with Crippen LogP contribution in [0.4, 0.5) is 11.4 Å². The Kier molecular flexibility index (Phi) is 4.37. The number of carbonyl (C=O) groups is 1. The fraction of sp³-hybridized carbons (Fsp3) is 0.133. The highest BCUT2D eigenvalue weighted by Crippen LogP contribution is 2.28. The van der Waals surface area contributed by atoms with Gasteiger partial charge in [0.15, 0.2) is 0 Å². The SMILES string of the molecule is CNc1c(NS(=O)(=O)c2ccc(C)cc2)cccc1C(=O)O. The molecule has 0 aromatic heterocycles. The van der Waals surface area contributed by atoms with Crippen molar-refractivity contribution in [1.29, 1.82) is 0 Å². The molecule has 22 heavy (non-hydrogen) atoms. The van der Waals surface area contributed by atoms with Crippen molar-refractivity contribution in [2.45, 2.75) is 11.8 Å². The first-order chi connectivity index (χ1) is 10.3. The van der Waals surface area contributed by atoms with Crippen molar-refractivity contribution in [2.75, 3.05) is 17.1 Å². The molecule has 0 aliphatic rings. The van der Waals surface area contributed by atoms with Crippen molar-refractivity contribution in [3.8, 4) is 0 Å². The van der Waals surface area contributed by atoms with Crippen molar-refractivity contribution < 1.29 is 18.3 Å². The van der Waals surface area contributed by atoms with Crippen molar-refractivity contribution in [1.82, 2.24) is 0 Å². The molecule has 2 aromatic rings. The van der Waals surface area contributed by atoms with Crippen LogP contribution in [0.2, 0.25) is 0 Å². The summed E-state index contributed by atoms with van der Waals surface area (Å²) in [6.07, 6.45) is 0. The molecule has 0 radical (unpaired) electrons. The highest BCUT2D eigenvalue weighted by Gasteiger charge is 2.19. The first kappa shape index (κ1) is 15.8. The van der Waals surface area contributed by atoms with Crippen LogP contribution in [0.1, 0.15) is 15.9 Å². The summed E-state index contributed by atoms with van der Waals surface area (Å²) in [5.74, 6) is -1.14. The molecule has 0 heterocycles.